The van der Waals surface area contributed by atoms with Crippen LogP contribution in [0.1, 0.15) is 41.5 Å². The molecule has 2 aromatic rings. The maximum atomic E-state index is 12.1. The van der Waals surface area contributed by atoms with Crippen molar-refractivity contribution in [3.63, 3.8) is 0 Å². The summed E-state index contributed by atoms with van der Waals surface area (Å²) in [6, 6.07) is 13.0. The number of amides is 1. The van der Waals surface area contributed by atoms with E-state index in [0.29, 0.717) is 35.1 Å². The van der Waals surface area contributed by atoms with Gasteiger partial charge in [-0.25, -0.2) is 4.79 Å². The first-order chi connectivity index (χ1) is 12.8. The van der Waals surface area contributed by atoms with Gasteiger partial charge in [0.05, 0.1) is 12.2 Å². The lowest BCUT2D eigenvalue weighted by molar-refractivity contribution is -0.114. The molecule has 0 aliphatic heterocycles. The monoisotopic (exact) mass is 369 g/mol. The van der Waals surface area contributed by atoms with E-state index in [-0.39, 0.29) is 18.3 Å². The van der Waals surface area contributed by atoms with E-state index in [4.69, 9.17) is 9.47 Å². The summed E-state index contributed by atoms with van der Waals surface area (Å²) in [5.41, 5.74) is 1.34. The Bertz CT molecular complexity index is 794. The predicted octanol–water partition coefficient (Wildman–Crippen LogP) is 3.72. The topological polar surface area (TPSA) is 81.7 Å². The number of carbonyl (C=O) groups is 3. The van der Waals surface area contributed by atoms with Crippen molar-refractivity contribution >= 4 is 23.3 Å². The largest absolute Gasteiger partial charge is 0.493 e. The van der Waals surface area contributed by atoms with Crippen molar-refractivity contribution in [3.05, 3.63) is 59.7 Å². The summed E-state index contributed by atoms with van der Waals surface area (Å²) in [6.07, 6.45) is 0. The van der Waals surface area contributed by atoms with Crippen molar-refractivity contribution in [2.24, 2.45) is 5.92 Å². The van der Waals surface area contributed by atoms with Gasteiger partial charge in [0.1, 0.15) is 5.75 Å². The van der Waals surface area contributed by atoms with Gasteiger partial charge in [-0.1, -0.05) is 13.8 Å². The van der Waals surface area contributed by atoms with Crippen LogP contribution in [0.15, 0.2) is 48.5 Å². The zero-order valence-electron chi connectivity index (χ0n) is 15.7. The average Bonchev–Trinajstić information content (AvgIpc) is 2.64. The highest BCUT2D eigenvalue weighted by Gasteiger charge is 2.12. The van der Waals surface area contributed by atoms with Gasteiger partial charge >= 0.3 is 5.97 Å². The Hall–Kier alpha value is -3.15. The number of benzene rings is 2. The van der Waals surface area contributed by atoms with Crippen LogP contribution in [0.2, 0.25) is 0 Å². The molecular formula is C21H23NO5. The second kappa shape index (κ2) is 9.52. The number of carbonyl (C=O) groups excluding carboxylic acids is 3. The van der Waals surface area contributed by atoms with Gasteiger partial charge in [0.2, 0.25) is 5.91 Å². The normalized spacial score (nSPS) is 10.4. The number of Topliss-reactive ketones (excluding diaryl/α,β-unsaturated/α-hetero) is 1. The number of nitrogens with one attached hydrogen (secondary N) is 1. The van der Waals surface area contributed by atoms with E-state index in [1.165, 1.54) is 6.92 Å². The van der Waals surface area contributed by atoms with Crippen molar-refractivity contribution in [1.29, 1.82) is 0 Å². The highest BCUT2D eigenvalue weighted by Crippen LogP contribution is 2.15. The molecule has 0 spiro atoms. The first kappa shape index (κ1) is 20.2. The quantitative estimate of drug-likeness (QED) is 0.566. The molecule has 0 unspecified atom stereocenters. The van der Waals surface area contributed by atoms with Crippen LogP contribution in [0.3, 0.4) is 0 Å². The Morgan fingerprint density at radius 1 is 0.926 bits per heavy atom. The van der Waals surface area contributed by atoms with E-state index in [9.17, 15) is 14.4 Å². The van der Waals surface area contributed by atoms with Gasteiger partial charge in [-0.05, 0) is 54.4 Å². The smallest absolute Gasteiger partial charge is 0.338 e. The highest BCUT2D eigenvalue weighted by atomic mass is 16.5. The maximum absolute atomic E-state index is 12.1. The van der Waals surface area contributed by atoms with Gasteiger partial charge in [-0.3, -0.25) is 9.59 Å². The van der Waals surface area contributed by atoms with E-state index < -0.39 is 5.97 Å². The number of ether oxygens (including phenoxy) is 2. The molecular weight excluding hydrogens is 346 g/mol. The number of hydrogen-bond acceptors (Lipinski definition) is 5. The Labute approximate surface area is 158 Å². The Kier molecular flexibility index (Phi) is 7.11. The van der Waals surface area contributed by atoms with E-state index in [2.05, 4.69) is 19.2 Å². The minimum atomic E-state index is -0.575. The molecule has 0 saturated carbocycles. The number of hydrogen-bond donors (Lipinski definition) is 1. The zero-order chi connectivity index (χ0) is 19.8. The van der Waals surface area contributed by atoms with Crippen molar-refractivity contribution in [1.82, 2.24) is 0 Å². The minimum absolute atomic E-state index is 0.191. The molecule has 0 aromatic heterocycles. The van der Waals surface area contributed by atoms with Gasteiger partial charge in [-0.2, -0.15) is 0 Å². The first-order valence-electron chi connectivity index (χ1n) is 8.66. The second-order valence-corrected chi connectivity index (χ2v) is 6.49. The summed E-state index contributed by atoms with van der Waals surface area (Å²) in [5.74, 6) is -0.00424. The lowest BCUT2D eigenvalue weighted by atomic mass is 10.1. The van der Waals surface area contributed by atoms with Gasteiger partial charge in [0, 0.05) is 18.2 Å². The van der Waals surface area contributed by atoms with Crippen LogP contribution in [-0.4, -0.2) is 30.9 Å². The van der Waals surface area contributed by atoms with Crippen LogP contribution in [0.5, 0.6) is 5.75 Å². The van der Waals surface area contributed by atoms with Gasteiger partial charge in [-0.15, -0.1) is 0 Å². The van der Waals surface area contributed by atoms with Crippen molar-refractivity contribution in [2.45, 2.75) is 20.8 Å². The summed E-state index contributed by atoms with van der Waals surface area (Å²) < 4.78 is 10.6. The molecule has 0 atom stereocenters. The molecule has 0 aliphatic rings. The molecule has 0 radical (unpaired) electrons. The Morgan fingerprint density at radius 2 is 1.52 bits per heavy atom. The van der Waals surface area contributed by atoms with Crippen LogP contribution < -0.4 is 10.1 Å². The van der Waals surface area contributed by atoms with Gasteiger partial charge in [0.15, 0.2) is 12.4 Å². The van der Waals surface area contributed by atoms with E-state index in [1.807, 2.05) is 0 Å². The molecule has 1 amide bonds. The van der Waals surface area contributed by atoms with E-state index in [1.54, 1.807) is 48.5 Å². The van der Waals surface area contributed by atoms with Crippen LogP contribution >= 0.6 is 0 Å². The molecule has 2 aromatic carbocycles. The van der Waals surface area contributed by atoms with Crippen LogP contribution in [0.25, 0.3) is 0 Å². The highest BCUT2D eigenvalue weighted by molar-refractivity contribution is 6.00. The predicted molar refractivity (Wildman–Crippen MR) is 102 cm³/mol. The van der Waals surface area contributed by atoms with Crippen molar-refractivity contribution < 1.29 is 23.9 Å². The molecule has 0 bridgehead atoms. The molecule has 0 saturated heterocycles. The summed E-state index contributed by atoms with van der Waals surface area (Å²) in [6.45, 7) is 5.75. The number of ketones is 1. The molecule has 0 aliphatic carbocycles. The van der Waals surface area contributed by atoms with Gasteiger partial charge in [0.25, 0.3) is 0 Å². The fraction of sp³-hybridized carbons (Fsp3) is 0.286. The summed E-state index contributed by atoms with van der Waals surface area (Å²) in [7, 11) is 0. The van der Waals surface area contributed by atoms with E-state index >= 15 is 0 Å². The lowest BCUT2D eigenvalue weighted by Gasteiger charge is -2.09. The third-order valence-corrected chi connectivity index (χ3v) is 3.53. The molecule has 6 heteroatoms. The number of anilines is 1. The molecule has 142 valence electrons. The average molecular weight is 369 g/mol. The lowest BCUT2D eigenvalue weighted by Crippen LogP contribution is -2.14. The number of rotatable bonds is 8. The molecule has 6 nitrogen and oxygen atoms in total. The maximum Gasteiger partial charge on any atom is 0.338 e. The van der Waals surface area contributed by atoms with Gasteiger partial charge < -0.3 is 14.8 Å². The molecule has 0 fully saturated rings. The van der Waals surface area contributed by atoms with Crippen molar-refractivity contribution in [3.8, 4) is 5.75 Å². The SMILES string of the molecule is CC(=O)Nc1ccc(C(=O)COC(=O)c2ccc(OCC(C)C)cc2)cc1. The number of esters is 1. The fourth-order valence-electron chi connectivity index (χ4n) is 2.19. The third-order valence-electron chi connectivity index (χ3n) is 3.53. The standard InChI is InChI=1S/C21H23NO5/c1-14(2)12-26-19-10-6-17(7-11-19)21(25)27-13-20(24)16-4-8-18(9-5-16)22-15(3)23/h4-11,14H,12-13H2,1-3H3,(H,22,23). The van der Waals surface area contributed by atoms with Crippen LogP contribution in [0.4, 0.5) is 5.69 Å². The fourth-order valence-corrected chi connectivity index (χ4v) is 2.19. The Balaban J connectivity index is 1.87. The van der Waals surface area contributed by atoms with Crippen molar-refractivity contribution in [2.75, 3.05) is 18.5 Å². The van der Waals surface area contributed by atoms with Crippen LogP contribution in [-0.2, 0) is 9.53 Å². The molecule has 27 heavy (non-hydrogen) atoms. The molecule has 1 N–H and O–H groups in total. The van der Waals surface area contributed by atoms with E-state index in [0.717, 1.165) is 0 Å². The van der Waals surface area contributed by atoms with Crippen LogP contribution in [0, 0.1) is 5.92 Å². The summed E-state index contributed by atoms with van der Waals surface area (Å²) in [4.78, 5) is 35.2. The molecule has 2 rings (SSSR count). The zero-order valence-corrected chi connectivity index (χ0v) is 15.7. The molecule has 0 heterocycles. The third kappa shape index (κ3) is 6.58. The second-order valence-electron chi connectivity index (χ2n) is 6.49. The Morgan fingerprint density at radius 3 is 2.07 bits per heavy atom. The minimum Gasteiger partial charge on any atom is -0.493 e. The summed E-state index contributed by atoms with van der Waals surface area (Å²) >= 11 is 0. The first-order valence-corrected chi connectivity index (χ1v) is 8.66. The summed E-state index contributed by atoms with van der Waals surface area (Å²) in [5, 5.41) is 2.62.